The van der Waals surface area contributed by atoms with Gasteiger partial charge in [0.2, 0.25) is 0 Å². The number of hydrogen-bond acceptors (Lipinski definition) is 2. The molecule has 1 heterocycles. The van der Waals surface area contributed by atoms with Crippen LogP contribution in [0.25, 0.3) is 43.6 Å². The summed E-state index contributed by atoms with van der Waals surface area (Å²) in [6.07, 6.45) is 1.85. The van der Waals surface area contributed by atoms with Crippen LogP contribution in [0.2, 0.25) is 0 Å². The van der Waals surface area contributed by atoms with E-state index in [4.69, 9.17) is 4.98 Å². The second-order valence-corrected chi connectivity index (χ2v) is 12.3. The van der Waals surface area contributed by atoms with E-state index in [2.05, 4.69) is 66.7 Å². The summed E-state index contributed by atoms with van der Waals surface area (Å²) in [5, 5.41) is 8.06. The number of hydrogen-bond donors (Lipinski definition) is 0. The van der Waals surface area contributed by atoms with E-state index >= 15 is 4.57 Å². The summed E-state index contributed by atoms with van der Waals surface area (Å²) in [5.41, 5.74) is 3.20. The molecular formula is C35H24NOP. The van der Waals surface area contributed by atoms with E-state index in [0.29, 0.717) is 0 Å². The average Bonchev–Trinajstić information content (AvgIpc) is 3.00. The molecule has 0 aliphatic carbocycles. The molecule has 1 unspecified atom stereocenters. The first kappa shape index (κ1) is 22.7. The van der Waals surface area contributed by atoms with Crippen molar-refractivity contribution >= 4 is 55.5 Å². The molecule has 6 aromatic carbocycles. The van der Waals surface area contributed by atoms with Gasteiger partial charge in [-0.3, -0.25) is 4.98 Å². The van der Waals surface area contributed by atoms with Crippen molar-refractivity contribution in [2.24, 2.45) is 0 Å². The minimum atomic E-state index is -3.13. The van der Waals surface area contributed by atoms with Gasteiger partial charge in [0.15, 0.2) is 7.14 Å². The van der Waals surface area contributed by atoms with Crippen molar-refractivity contribution in [2.45, 2.75) is 0 Å². The highest BCUT2D eigenvalue weighted by Crippen LogP contribution is 2.45. The molecule has 0 aliphatic heterocycles. The number of aromatic nitrogens is 1. The Hall–Kier alpha value is -4.52. The maximum absolute atomic E-state index is 15.3. The van der Waals surface area contributed by atoms with Gasteiger partial charge in [0, 0.05) is 32.9 Å². The van der Waals surface area contributed by atoms with Crippen molar-refractivity contribution in [2.75, 3.05) is 0 Å². The highest BCUT2D eigenvalue weighted by molar-refractivity contribution is 7.85. The SMILES string of the molecule is O=P(c1ccccc1)(c1ccc(-c2cc3ccccc3c3ncccc23)cc1)c1cccc2ccccc12. The van der Waals surface area contributed by atoms with Gasteiger partial charge < -0.3 is 4.57 Å². The number of pyridine rings is 1. The quantitative estimate of drug-likeness (QED) is 0.180. The van der Waals surface area contributed by atoms with Gasteiger partial charge >= 0.3 is 0 Å². The third-order valence-corrected chi connectivity index (χ3v) is 10.5. The molecule has 1 atom stereocenters. The molecule has 0 saturated carbocycles. The molecule has 0 N–H and O–H groups in total. The van der Waals surface area contributed by atoms with Crippen LogP contribution in [0.1, 0.15) is 0 Å². The van der Waals surface area contributed by atoms with Crippen LogP contribution in [0, 0.1) is 0 Å². The Bertz CT molecular complexity index is 1990. The molecule has 0 aliphatic rings. The lowest BCUT2D eigenvalue weighted by atomic mass is 9.96. The van der Waals surface area contributed by atoms with Crippen LogP contribution in [-0.2, 0) is 4.57 Å². The smallest absolute Gasteiger partial charge is 0.171 e. The molecule has 0 fully saturated rings. The van der Waals surface area contributed by atoms with Crippen molar-refractivity contribution in [1.82, 2.24) is 4.98 Å². The summed E-state index contributed by atoms with van der Waals surface area (Å²) >= 11 is 0. The first-order chi connectivity index (χ1) is 18.7. The van der Waals surface area contributed by atoms with Crippen LogP contribution in [-0.4, -0.2) is 4.98 Å². The number of benzene rings is 6. The molecule has 0 saturated heterocycles. The molecule has 0 radical (unpaired) electrons. The largest absolute Gasteiger partial charge is 0.309 e. The minimum absolute atomic E-state index is 0.826. The zero-order valence-electron chi connectivity index (χ0n) is 20.7. The maximum atomic E-state index is 15.3. The fraction of sp³-hybridized carbons (Fsp3) is 0. The van der Waals surface area contributed by atoms with Gasteiger partial charge in [-0.2, -0.15) is 0 Å². The van der Waals surface area contributed by atoms with Crippen molar-refractivity contribution in [3.63, 3.8) is 0 Å². The second-order valence-electron chi connectivity index (χ2n) is 9.53. The summed E-state index contributed by atoms with van der Waals surface area (Å²) in [7, 11) is -3.13. The Morgan fingerprint density at radius 2 is 1.13 bits per heavy atom. The summed E-state index contributed by atoms with van der Waals surface area (Å²) < 4.78 is 15.3. The second kappa shape index (κ2) is 9.10. The van der Waals surface area contributed by atoms with E-state index in [0.717, 1.165) is 59.5 Å². The van der Waals surface area contributed by atoms with Crippen LogP contribution < -0.4 is 15.9 Å². The van der Waals surface area contributed by atoms with Crippen molar-refractivity contribution < 1.29 is 4.57 Å². The minimum Gasteiger partial charge on any atom is -0.309 e. The Kier molecular flexibility index (Phi) is 5.43. The van der Waals surface area contributed by atoms with Crippen LogP contribution in [0.15, 0.2) is 146 Å². The van der Waals surface area contributed by atoms with Gasteiger partial charge in [-0.15, -0.1) is 0 Å². The van der Waals surface area contributed by atoms with Crippen LogP contribution in [0.4, 0.5) is 0 Å². The van der Waals surface area contributed by atoms with Gasteiger partial charge in [-0.05, 0) is 39.4 Å². The zero-order valence-corrected chi connectivity index (χ0v) is 21.6. The molecule has 180 valence electrons. The molecule has 7 rings (SSSR count). The van der Waals surface area contributed by atoms with Crippen LogP contribution >= 0.6 is 7.14 Å². The summed E-state index contributed by atoms with van der Waals surface area (Å²) in [5.74, 6) is 0. The number of fused-ring (bicyclic) bond motifs is 4. The summed E-state index contributed by atoms with van der Waals surface area (Å²) in [4.78, 5) is 4.72. The third kappa shape index (κ3) is 3.57. The zero-order chi connectivity index (χ0) is 25.5. The van der Waals surface area contributed by atoms with E-state index in [9.17, 15) is 0 Å². The predicted molar refractivity (Wildman–Crippen MR) is 162 cm³/mol. The maximum Gasteiger partial charge on any atom is 0.171 e. The van der Waals surface area contributed by atoms with E-state index in [1.54, 1.807) is 0 Å². The summed E-state index contributed by atoms with van der Waals surface area (Å²) in [6.45, 7) is 0. The highest BCUT2D eigenvalue weighted by atomic mass is 31.2. The molecule has 1 aromatic heterocycles. The lowest BCUT2D eigenvalue weighted by Crippen LogP contribution is -2.25. The Labute approximate surface area is 221 Å². The molecule has 0 spiro atoms. The molecule has 0 bridgehead atoms. The normalized spacial score (nSPS) is 13.1. The Morgan fingerprint density at radius 3 is 1.95 bits per heavy atom. The number of rotatable bonds is 4. The first-order valence-corrected chi connectivity index (χ1v) is 14.5. The van der Waals surface area contributed by atoms with Crippen LogP contribution in [0.5, 0.6) is 0 Å². The lowest BCUT2D eigenvalue weighted by Gasteiger charge is -2.22. The van der Waals surface area contributed by atoms with Gasteiger partial charge in [0.25, 0.3) is 0 Å². The van der Waals surface area contributed by atoms with E-state index in [1.165, 1.54) is 0 Å². The highest BCUT2D eigenvalue weighted by Gasteiger charge is 2.31. The van der Waals surface area contributed by atoms with Gasteiger partial charge in [0.05, 0.1) is 5.52 Å². The van der Waals surface area contributed by atoms with Gasteiger partial charge in [-0.25, -0.2) is 0 Å². The molecule has 38 heavy (non-hydrogen) atoms. The fourth-order valence-electron chi connectivity index (χ4n) is 5.55. The Morgan fingerprint density at radius 1 is 0.500 bits per heavy atom. The molecule has 3 heteroatoms. The monoisotopic (exact) mass is 505 g/mol. The molecule has 2 nitrogen and oxygen atoms in total. The predicted octanol–water partition coefficient (Wildman–Crippen LogP) is 7.85. The third-order valence-electron chi connectivity index (χ3n) is 7.38. The van der Waals surface area contributed by atoms with E-state index < -0.39 is 7.14 Å². The molecular weight excluding hydrogens is 481 g/mol. The van der Waals surface area contributed by atoms with Crippen LogP contribution in [0.3, 0.4) is 0 Å². The number of nitrogens with zero attached hydrogens (tertiary/aromatic N) is 1. The molecule has 0 amide bonds. The first-order valence-electron chi connectivity index (χ1n) is 12.7. The average molecular weight is 506 g/mol. The van der Waals surface area contributed by atoms with Crippen molar-refractivity contribution in [3.05, 3.63) is 146 Å². The van der Waals surface area contributed by atoms with Gasteiger partial charge in [0.1, 0.15) is 0 Å². The molecule has 7 aromatic rings. The summed E-state index contributed by atoms with van der Waals surface area (Å²) in [6, 6.07) is 47.2. The van der Waals surface area contributed by atoms with E-state index in [-0.39, 0.29) is 0 Å². The van der Waals surface area contributed by atoms with Gasteiger partial charge in [-0.1, -0.05) is 127 Å². The lowest BCUT2D eigenvalue weighted by molar-refractivity contribution is 0.592. The van der Waals surface area contributed by atoms with Crippen molar-refractivity contribution in [1.29, 1.82) is 0 Å². The topological polar surface area (TPSA) is 30.0 Å². The van der Waals surface area contributed by atoms with E-state index in [1.807, 2.05) is 79.0 Å². The fourth-order valence-corrected chi connectivity index (χ4v) is 8.40. The Balaban J connectivity index is 1.44. The standard InChI is InChI=1S/C35H24NOP/c37-38(28-13-2-1-3-14-28,34-18-8-12-25-10-4-6-15-30(25)34)29-21-19-26(20-22-29)33-24-27-11-5-7-16-31(27)35-32(33)17-9-23-36-35/h1-24H. The van der Waals surface area contributed by atoms with Crippen molar-refractivity contribution in [3.8, 4) is 11.1 Å².